The first-order valence-corrected chi connectivity index (χ1v) is 5.17. The van der Waals surface area contributed by atoms with E-state index >= 15 is 0 Å². The van der Waals surface area contributed by atoms with Crippen molar-refractivity contribution in [3.8, 4) is 36.2 Å². The van der Waals surface area contributed by atoms with E-state index in [0.717, 1.165) is 0 Å². The number of terminal acetylenes is 2. The van der Waals surface area contributed by atoms with Gasteiger partial charge in [-0.15, -0.1) is 12.8 Å². The fourth-order valence-corrected chi connectivity index (χ4v) is 1.19. The monoisotopic (exact) mass is 396 g/mol. The smallest absolute Gasteiger partial charge is 1.00 e. The maximum absolute atomic E-state index is 8.85. The topological polar surface area (TPSA) is 40.5 Å². The molecule has 21 heavy (non-hydrogen) atoms. The van der Waals surface area contributed by atoms with Crippen molar-refractivity contribution in [2.75, 3.05) is 0 Å². The Morgan fingerprint density at radius 1 is 0.714 bits per heavy atom. The second-order valence-electron chi connectivity index (χ2n) is 3.39. The first kappa shape index (κ1) is 24.6. The van der Waals surface area contributed by atoms with E-state index in [1.807, 2.05) is 0 Å². The molecule has 0 spiro atoms. The zero-order valence-electron chi connectivity index (χ0n) is 10.9. The summed E-state index contributed by atoms with van der Waals surface area (Å²) < 4.78 is 0. The molecule has 2 nitrogen and oxygen atoms in total. The summed E-state index contributed by atoms with van der Waals surface area (Å²) >= 11 is 0. The number of rotatable bonds is 0. The molecule has 0 aliphatic rings. The molecule has 2 N–H and O–H groups in total. The van der Waals surface area contributed by atoms with Crippen molar-refractivity contribution in [1.82, 2.24) is 0 Å². The van der Waals surface area contributed by atoms with E-state index in [4.69, 9.17) is 23.1 Å². The molecule has 0 unspecified atom stereocenters. The minimum Gasteiger partial charge on any atom is -1.00 e. The van der Waals surface area contributed by atoms with Gasteiger partial charge in [0.2, 0.25) is 0 Å². The van der Waals surface area contributed by atoms with E-state index in [1.165, 1.54) is 0 Å². The summed E-state index contributed by atoms with van der Waals surface area (Å²) in [4.78, 5) is 0. The molecule has 5 heteroatoms. The Bertz CT molecular complexity index is 561. The van der Waals surface area contributed by atoms with Crippen LogP contribution in [-0.4, -0.2) is 10.2 Å². The molecule has 2 rings (SSSR count). The number of phenols is 2. The molecule has 106 valence electrons. The van der Waals surface area contributed by atoms with Crippen LogP contribution in [0, 0.1) is 24.7 Å². The molecule has 0 aliphatic carbocycles. The SMILES string of the molecule is C#Cc1cccc(O)c1.C#Cc1cccc(O)c1.[Cl-].[Cl-].[Zr+2]. The van der Waals surface area contributed by atoms with Crippen LogP contribution >= 0.6 is 0 Å². The number of aromatic hydroxyl groups is 2. The quantitative estimate of drug-likeness (QED) is 0.458. The Kier molecular flexibility index (Phi) is 15.9. The number of phenolic OH excluding ortho intramolecular Hbond substituents is 2. The van der Waals surface area contributed by atoms with Gasteiger partial charge in [0.05, 0.1) is 0 Å². The maximum Gasteiger partial charge on any atom is 2.00 e. The summed E-state index contributed by atoms with van der Waals surface area (Å²) in [5.74, 6) is 5.24. The van der Waals surface area contributed by atoms with Crippen molar-refractivity contribution in [3.63, 3.8) is 0 Å². The van der Waals surface area contributed by atoms with E-state index in [0.29, 0.717) is 11.1 Å². The first-order chi connectivity index (χ1) is 8.65. The summed E-state index contributed by atoms with van der Waals surface area (Å²) in [5.41, 5.74) is 1.41. The predicted octanol–water partition coefficient (Wildman–Crippen LogP) is -3.25. The van der Waals surface area contributed by atoms with Gasteiger partial charge >= 0.3 is 26.2 Å². The molecular formula is C16H12Cl2O2Zr. The number of benzene rings is 2. The van der Waals surface area contributed by atoms with Crippen molar-refractivity contribution in [1.29, 1.82) is 0 Å². The van der Waals surface area contributed by atoms with Crippen molar-refractivity contribution in [2.45, 2.75) is 0 Å². The molecule has 0 aromatic heterocycles. The van der Waals surface area contributed by atoms with Crippen molar-refractivity contribution < 1.29 is 61.2 Å². The van der Waals surface area contributed by atoms with Gasteiger partial charge in [0, 0.05) is 11.1 Å². The number of hydrogen-bond acceptors (Lipinski definition) is 2. The normalized spacial score (nSPS) is 7.14. The van der Waals surface area contributed by atoms with Gasteiger partial charge in [-0.1, -0.05) is 24.0 Å². The number of hydrogen-bond donors (Lipinski definition) is 2. The van der Waals surface area contributed by atoms with Crippen LogP contribution in [0.5, 0.6) is 11.5 Å². The summed E-state index contributed by atoms with van der Waals surface area (Å²) in [5, 5.41) is 17.7. The average Bonchev–Trinajstić information content (AvgIpc) is 2.39. The molecule has 2 aromatic rings. The molecule has 0 radical (unpaired) electrons. The van der Waals surface area contributed by atoms with Crippen LogP contribution in [-0.2, 0) is 26.2 Å². The second kappa shape index (κ2) is 13.6. The molecule has 0 amide bonds. The fraction of sp³-hybridized carbons (Fsp3) is 0. The largest absolute Gasteiger partial charge is 2.00 e. The summed E-state index contributed by atoms with van der Waals surface area (Å²) in [6, 6.07) is 13.2. The van der Waals surface area contributed by atoms with Crippen molar-refractivity contribution in [3.05, 3.63) is 59.7 Å². The van der Waals surface area contributed by atoms with Gasteiger partial charge in [0.25, 0.3) is 0 Å². The fourth-order valence-electron chi connectivity index (χ4n) is 1.19. The van der Waals surface area contributed by atoms with Crippen molar-refractivity contribution >= 4 is 0 Å². The maximum atomic E-state index is 8.85. The van der Waals surface area contributed by atoms with Gasteiger partial charge in [-0.25, -0.2) is 0 Å². The van der Waals surface area contributed by atoms with Crippen LogP contribution in [0.2, 0.25) is 0 Å². The van der Waals surface area contributed by atoms with Gasteiger partial charge < -0.3 is 35.0 Å². The minimum atomic E-state index is 0. The van der Waals surface area contributed by atoms with Gasteiger partial charge in [-0.05, 0) is 36.4 Å². The van der Waals surface area contributed by atoms with Crippen molar-refractivity contribution in [2.24, 2.45) is 0 Å². The van der Waals surface area contributed by atoms with Crippen LogP contribution < -0.4 is 24.8 Å². The average molecular weight is 398 g/mol. The van der Waals surface area contributed by atoms with Gasteiger partial charge in [-0.2, -0.15) is 0 Å². The Hall–Kier alpha value is -1.38. The third kappa shape index (κ3) is 10.1. The van der Waals surface area contributed by atoms with E-state index in [1.54, 1.807) is 48.5 Å². The van der Waals surface area contributed by atoms with Gasteiger partial charge in [-0.3, -0.25) is 0 Å². The molecular weight excluding hydrogens is 386 g/mol. The minimum absolute atomic E-state index is 0. The molecule has 0 saturated heterocycles. The standard InChI is InChI=1S/2C8H6O.2ClH.Zr/c2*1-2-7-4-3-5-8(9)6-7;;;/h2*1,3-6,9H;2*1H;/q;;;;+2/p-2. The van der Waals surface area contributed by atoms with Crippen LogP contribution in [0.1, 0.15) is 11.1 Å². The predicted molar refractivity (Wildman–Crippen MR) is 72.1 cm³/mol. The van der Waals surface area contributed by atoms with Crippen LogP contribution in [0.3, 0.4) is 0 Å². The van der Waals surface area contributed by atoms with E-state index < -0.39 is 0 Å². The van der Waals surface area contributed by atoms with Crippen LogP contribution in [0.25, 0.3) is 0 Å². The van der Waals surface area contributed by atoms with Gasteiger partial charge in [0.1, 0.15) is 11.5 Å². The third-order valence-corrected chi connectivity index (χ3v) is 2.03. The molecule has 0 atom stereocenters. The molecule has 0 heterocycles. The third-order valence-electron chi connectivity index (χ3n) is 2.03. The summed E-state index contributed by atoms with van der Waals surface area (Å²) in [6.45, 7) is 0. The van der Waals surface area contributed by atoms with Crippen LogP contribution in [0.4, 0.5) is 0 Å². The zero-order chi connectivity index (χ0) is 13.4. The summed E-state index contributed by atoms with van der Waals surface area (Å²) in [7, 11) is 0. The Morgan fingerprint density at radius 3 is 1.24 bits per heavy atom. The van der Waals surface area contributed by atoms with Gasteiger partial charge in [0.15, 0.2) is 0 Å². The zero-order valence-corrected chi connectivity index (χ0v) is 14.9. The summed E-state index contributed by atoms with van der Waals surface area (Å²) in [6.07, 6.45) is 10.1. The van der Waals surface area contributed by atoms with Crippen LogP contribution in [0.15, 0.2) is 48.5 Å². The Morgan fingerprint density at radius 2 is 1.05 bits per heavy atom. The molecule has 2 aromatic carbocycles. The molecule has 0 bridgehead atoms. The first-order valence-electron chi connectivity index (χ1n) is 5.17. The van der Waals surface area contributed by atoms with E-state index in [9.17, 15) is 0 Å². The Labute approximate surface area is 156 Å². The number of halogens is 2. The van der Waals surface area contributed by atoms with E-state index in [2.05, 4.69) is 11.8 Å². The molecule has 0 aliphatic heterocycles. The second-order valence-corrected chi connectivity index (χ2v) is 3.39. The molecule has 0 saturated carbocycles. The molecule has 0 fully saturated rings. The Balaban J connectivity index is -0.000000270. The van der Waals surface area contributed by atoms with E-state index in [-0.39, 0.29) is 62.5 Å².